The lowest BCUT2D eigenvalue weighted by Gasteiger charge is -2.20. The molecule has 1 aliphatic rings. The number of hydrogen-bond acceptors (Lipinski definition) is 4. The van der Waals surface area contributed by atoms with Crippen molar-refractivity contribution in [1.29, 1.82) is 0 Å². The summed E-state index contributed by atoms with van der Waals surface area (Å²) in [6.07, 6.45) is 1.04. The number of aromatic nitrogens is 2. The molecule has 0 bridgehead atoms. The third-order valence-corrected chi connectivity index (χ3v) is 5.02. The van der Waals surface area contributed by atoms with Gasteiger partial charge in [-0.3, -0.25) is 4.68 Å². The Bertz CT molecular complexity index is 514. The predicted molar refractivity (Wildman–Crippen MR) is 72.6 cm³/mol. The summed E-state index contributed by atoms with van der Waals surface area (Å²) in [7, 11) is 1.24. The zero-order valence-electron chi connectivity index (χ0n) is 11.6. The second-order valence-electron chi connectivity index (χ2n) is 4.93. The van der Waals surface area contributed by atoms with E-state index in [2.05, 4.69) is 10.4 Å². The Morgan fingerprint density at radius 3 is 2.84 bits per heavy atom. The molecular weight excluding hydrogens is 266 g/mol. The monoisotopic (exact) mass is 287 g/mol. The van der Waals surface area contributed by atoms with Crippen LogP contribution in [-0.2, 0) is 29.8 Å². The van der Waals surface area contributed by atoms with Crippen molar-refractivity contribution in [2.45, 2.75) is 26.1 Å². The highest BCUT2D eigenvalue weighted by atomic mass is 32.2. The molecule has 0 aliphatic carbocycles. The molecule has 0 aromatic carbocycles. The molecule has 0 saturated carbocycles. The van der Waals surface area contributed by atoms with Crippen LogP contribution in [0.4, 0.5) is 0 Å². The molecule has 0 radical (unpaired) electrons. The van der Waals surface area contributed by atoms with Gasteiger partial charge in [-0.05, 0) is 19.0 Å². The molecule has 1 N–H and O–H groups in total. The maximum atomic E-state index is 11.9. The van der Waals surface area contributed by atoms with Crippen molar-refractivity contribution in [3.8, 4) is 0 Å². The Hall–Kier alpha value is -0.960. The number of nitrogens with zero attached hydrogens (tertiary/aromatic N) is 4. The standard InChI is InChI=1S/C11H21N5O2S/c1-14(2)19(17,18)15(3)9-10-7-11-8-12-5-4-6-16(11)13-10/h7,12H,4-6,8-9H2,1-3H3. The van der Waals surface area contributed by atoms with E-state index in [1.165, 1.54) is 22.7 Å². The van der Waals surface area contributed by atoms with Crippen molar-refractivity contribution in [2.24, 2.45) is 0 Å². The molecule has 1 aromatic heterocycles. The van der Waals surface area contributed by atoms with Gasteiger partial charge in [0.15, 0.2) is 0 Å². The summed E-state index contributed by atoms with van der Waals surface area (Å²) in [5, 5.41) is 7.79. The second kappa shape index (κ2) is 5.58. The first-order valence-corrected chi connectivity index (χ1v) is 7.71. The lowest BCUT2D eigenvalue weighted by molar-refractivity contribution is 0.409. The SMILES string of the molecule is CN(C)S(=O)(=O)N(C)Cc1cc2n(n1)CCCNC2. The Balaban J connectivity index is 2.12. The van der Waals surface area contributed by atoms with E-state index >= 15 is 0 Å². The molecule has 1 aromatic rings. The maximum Gasteiger partial charge on any atom is 0.281 e. The summed E-state index contributed by atoms with van der Waals surface area (Å²) < 4.78 is 28.4. The molecule has 2 rings (SSSR count). The molecule has 8 heteroatoms. The quantitative estimate of drug-likeness (QED) is 0.819. The fourth-order valence-corrected chi connectivity index (χ4v) is 2.94. The van der Waals surface area contributed by atoms with E-state index in [1.54, 1.807) is 7.05 Å². The Kier molecular flexibility index (Phi) is 4.24. The van der Waals surface area contributed by atoms with Crippen LogP contribution in [0.5, 0.6) is 0 Å². The van der Waals surface area contributed by atoms with Gasteiger partial charge >= 0.3 is 0 Å². The van der Waals surface area contributed by atoms with Crippen LogP contribution in [0.15, 0.2) is 6.07 Å². The van der Waals surface area contributed by atoms with Crippen LogP contribution in [-0.4, -0.2) is 54.5 Å². The van der Waals surface area contributed by atoms with Crippen LogP contribution in [0.2, 0.25) is 0 Å². The molecule has 2 heterocycles. The molecular formula is C11H21N5O2S. The molecule has 0 atom stereocenters. The molecule has 0 unspecified atom stereocenters. The third kappa shape index (κ3) is 3.14. The average molecular weight is 287 g/mol. The molecule has 0 spiro atoms. The molecule has 0 amide bonds. The van der Waals surface area contributed by atoms with E-state index < -0.39 is 10.2 Å². The van der Waals surface area contributed by atoms with Gasteiger partial charge in [-0.25, -0.2) is 0 Å². The first kappa shape index (κ1) is 14.4. The van der Waals surface area contributed by atoms with E-state index in [0.717, 1.165) is 37.4 Å². The van der Waals surface area contributed by atoms with E-state index in [0.29, 0.717) is 6.54 Å². The van der Waals surface area contributed by atoms with Crippen LogP contribution in [0.3, 0.4) is 0 Å². The fraction of sp³-hybridized carbons (Fsp3) is 0.727. The minimum atomic E-state index is -3.38. The normalized spacial score (nSPS) is 16.7. The Labute approximate surface area is 114 Å². The largest absolute Gasteiger partial charge is 0.311 e. The summed E-state index contributed by atoms with van der Waals surface area (Å²) in [6, 6.07) is 1.97. The van der Waals surface area contributed by atoms with E-state index in [-0.39, 0.29) is 0 Å². The predicted octanol–water partition coefficient (Wildman–Crippen LogP) is -0.385. The summed E-state index contributed by atoms with van der Waals surface area (Å²) in [4.78, 5) is 0. The lowest BCUT2D eigenvalue weighted by Crippen LogP contribution is -2.37. The van der Waals surface area contributed by atoms with Gasteiger partial charge in [0.2, 0.25) is 0 Å². The first-order chi connectivity index (χ1) is 8.91. The smallest absolute Gasteiger partial charge is 0.281 e. The minimum Gasteiger partial charge on any atom is -0.311 e. The summed E-state index contributed by atoms with van der Waals surface area (Å²) in [5.74, 6) is 0. The van der Waals surface area contributed by atoms with Crippen molar-refractivity contribution in [2.75, 3.05) is 27.7 Å². The molecule has 7 nitrogen and oxygen atoms in total. The average Bonchev–Trinajstić information content (AvgIpc) is 2.58. The highest BCUT2D eigenvalue weighted by Gasteiger charge is 2.22. The Morgan fingerprint density at radius 2 is 2.16 bits per heavy atom. The van der Waals surface area contributed by atoms with E-state index in [1.807, 2.05) is 10.7 Å². The van der Waals surface area contributed by atoms with Crippen molar-refractivity contribution in [3.63, 3.8) is 0 Å². The van der Waals surface area contributed by atoms with E-state index in [9.17, 15) is 8.42 Å². The molecule has 0 fully saturated rings. The molecule has 19 heavy (non-hydrogen) atoms. The number of aryl methyl sites for hydroxylation is 1. The highest BCUT2D eigenvalue weighted by molar-refractivity contribution is 7.86. The second-order valence-corrected chi connectivity index (χ2v) is 7.18. The number of rotatable bonds is 4. The first-order valence-electron chi connectivity index (χ1n) is 6.31. The van der Waals surface area contributed by atoms with Crippen molar-refractivity contribution in [1.82, 2.24) is 23.7 Å². The number of nitrogens with one attached hydrogen (secondary N) is 1. The molecule has 1 aliphatic heterocycles. The van der Waals surface area contributed by atoms with Crippen molar-refractivity contribution < 1.29 is 8.42 Å². The van der Waals surface area contributed by atoms with Gasteiger partial charge in [-0.1, -0.05) is 0 Å². The zero-order chi connectivity index (χ0) is 14.0. The van der Waals surface area contributed by atoms with Crippen LogP contribution in [0.1, 0.15) is 17.8 Å². The number of hydrogen-bond donors (Lipinski definition) is 1. The number of fused-ring (bicyclic) bond motifs is 1. The van der Waals surface area contributed by atoms with Crippen LogP contribution in [0, 0.1) is 0 Å². The topological polar surface area (TPSA) is 70.5 Å². The summed E-state index contributed by atoms with van der Waals surface area (Å²) >= 11 is 0. The lowest BCUT2D eigenvalue weighted by atomic mass is 10.3. The zero-order valence-corrected chi connectivity index (χ0v) is 12.4. The Morgan fingerprint density at radius 1 is 1.42 bits per heavy atom. The van der Waals surface area contributed by atoms with Crippen LogP contribution >= 0.6 is 0 Å². The highest BCUT2D eigenvalue weighted by Crippen LogP contribution is 2.12. The summed E-state index contributed by atoms with van der Waals surface area (Å²) in [5.41, 5.74) is 1.90. The van der Waals surface area contributed by atoms with Gasteiger partial charge < -0.3 is 5.32 Å². The fourth-order valence-electron chi connectivity index (χ4n) is 2.09. The van der Waals surface area contributed by atoms with Gasteiger partial charge in [0.25, 0.3) is 10.2 Å². The van der Waals surface area contributed by atoms with Gasteiger partial charge in [0, 0.05) is 34.2 Å². The van der Waals surface area contributed by atoms with E-state index in [4.69, 9.17) is 0 Å². The molecule has 108 valence electrons. The van der Waals surface area contributed by atoms with Gasteiger partial charge in [-0.2, -0.15) is 22.1 Å². The summed E-state index contributed by atoms with van der Waals surface area (Å²) in [6.45, 7) is 2.96. The van der Waals surface area contributed by atoms with Crippen molar-refractivity contribution >= 4 is 10.2 Å². The van der Waals surface area contributed by atoms with Crippen LogP contribution in [0.25, 0.3) is 0 Å². The van der Waals surface area contributed by atoms with Gasteiger partial charge in [-0.15, -0.1) is 0 Å². The van der Waals surface area contributed by atoms with Crippen LogP contribution < -0.4 is 5.32 Å². The van der Waals surface area contributed by atoms with Gasteiger partial charge in [0.05, 0.1) is 17.9 Å². The third-order valence-electron chi connectivity index (χ3n) is 3.18. The van der Waals surface area contributed by atoms with Crippen molar-refractivity contribution in [3.05, 3.63) is 17.5 Å². The van der Waals surface area contributed by atoms with Gasteiger partial charge in [0.1, 0.15) is 0 Å². The molecule has 0 saturated heterocycles. The minimum absolute atomic E-state index is 0.292. The maximum absolute atomic E-state index is 11.9.